The Kier molecular flexibility index (Phi) is 8.28. The first-order chi connectivity index (χ1) is 18.3. The third-order valence-corrected chi connectivity index (χ3v) is 6.61. The van der Waals surface area contributed by atoms with Gasteiger partial charge in [0.15, 0.2) is 0 Å². The van der Waals surface area contributed by atoms with Crippen molar-refractivity contribution in [3.63, 3.8) is 0 Å². The molecule has 1 aliphatic rings. The van der Waals surface area contributed by atoms with E-state index < -0.39 is 11.0 Å². The molecule has 1 fully saturated rings. The molecule has 1 unspecified atom stereocenters. The molecule has 9 heteroatoms. The number of aromatic nitrogens is 1. The van der Waals surface area contributed by atoms with Gasteiger partial charge in [0.2, 0.25) is 11.8 Å². The number of carbonyl (C=O) groups excluding carboxylic acids is 2. The van der Waals surface area contributed by atoms with E-state index in [9.17, 15) is 19.7 Å². The highest BCUT2D eigenvalue weighted by molar-refractivity contribution is 5.98. The van der Waals surface area contributed by atoms with E-state index in [0.29, 0.717) is 29.9 Å². The standard InChI is InChI=1S/C29H30N5O4/c1-20(2)23-8-4-5-9-24(23)28-21(7-6-10-26(28)34(37)38)11-12-27(35)33-18-17-31-25(19-33)29(36)32(3)22-13-15-30-16-14-22/h4-9,11-16,20,25,31H,17-19H2,1-3H3/b12-11+. The molecule has 1 N–H and O–H groups in total. The fourth-order valence-corrected chi connectivity index (χ4v) is 4.61. The lowest BCUT2D eigenvalue weighted by Crippen LogP contribution is -2.58. The first kappa shape index (κ1) is 26.7. The van der Waals surface area contributed by atoms with Gasteiger partial charge in [-0.3, -0.25) is 24.7 Å². The molecule has 2 heterocycles. The minimum atomic E-state index is -0.555. The fourth-order valence-electron chi connectivity index (χ4n) is 4.61. The normalized spacial score (nSPS) is 15.6. The maximum atomic E-state index is 13.2. The van der Waals surface area contributed by atoms with Gasteiger partial charge in [-0.15, -0.1) is 0 Å². The van der Waals surface area contributed by atoms with Gasteiger partial charge in [-0.05, 0) is 46.9 Å². The quantitative estimate of drug-likeness (QED) is 0.291. The van der Waals surface area contributed by atoms with E-state index in [4.69, 9.17) is 0 Å². The van der Waals surface area contributed by atoms with Crippen LogP contribution in [-0.4, -0.2) is 59.3 Å². The second-order valence-corrected chi connectivity index (χ2v) is 9.38. The minimum absolute atomic E-state index is 0.139. The molecule has 0 spiro atoms. The maximum absolute atomic E-state index is 13.2. The number of amides is 2. The van der Waals surface area contributed by atoms with Crippen molar-refractivity contribution in [2.24, 2.45) is 0 Å². The minimum Gasteiger partial charge on any atom is -0.336 e. The number of pyridine rings is 1. The zero-order valence-corrected chi connectivity index (χ0v) is 21.6. The summed E-state index contributed by atoms with van der Waals surface area (Å²) < 4.78 is 0. The number of piperazine rings is 1. The Morgan fingerprint density at radius 3 is 2.66 bits per heavy atom. The summed E-state index contributed by atoms with van der Waals surface area (Å²) in [7, 11) is 1.69. The molecule has 4 rings (SSSR count). The molecule has 38 heavy (non-hydrogen) atoms. The molecule has 0 bridgehead atoms. The van der Waals surface area contributed by atoms with Gasteiger partial charge >= 0.3 is 0 Å². The molecule has 3 aromatic rings. The van der Waals surface area contributed by atoms with Gasteiger partial charge in [0, 0.05) is 50.8 Å². The Labute approximate surface area is 221 Å². The number of likely N-dealkylation sites (N-methyl/N-ethyl adjacent to an activating group) is 1. The molecule has 195 valence electrons. The topological polar surface area (TPSA) is 109 Å². The summed E-state index contributed by atoms with van der Waals surface area (Å²) in [5, 5.41) is 15.1. The third kappa shape index (κ3) is 5.78. The number of carbonyl (C=O) groups is 2. The maximum Gasteiger partial charge on any atom is 0.285 e. The molecule has 1 aliphatic heterocycles. The van der Waals surface area contributed by atoms with Crippen LogP contribution in [0.2, 0.25) is 0 Å². The summed E-state index contributed by atoms with van der Waals surface area (Å²) in [6.45, 7) is 5.19. The van der Waals surface area contributed by atoms with E-state index in [-0.39, 0.29) is 30.0 Å². The van der Waals surface area contributed by atoms with E-state index in [0.717, 1.165) is 11.1 Å². The van der Waals surface area contributed by atoms with E-state index >= 15 is 0 Å². The molecule has 0 aliphatic carbocycles. The van der Waals surface area contributed by atoms with Gasteiger partial charge in [0.05, 0.1) is 16.6 Å². The molecule has 9 nitrogen and oxygen atoms in total. The van der Waals surface area contributed by atoms with E-state index in [1.54, 1.807) is 53.5 Å². The zero-order chi connectivity index (χ0) is 27.2. The fraction of sp³-hybridized carbons (Fsp3) is 0.276. The SMILES string of the molecule is CC(C)c1ccccc1-c1c([N+](=O)[O-])[c]ccc1/C=C/C(=O)N1CCNC(C(=O)N(C)c2ccncc2)C1. The van der Waals surface area contributed by atoms with Crippen molar-refractivity contribution < 1.29 is 14.5 Å². The van der Waals surface area contributed by atoms with E-state index in [1.807, 2.05) is 38.1 Å². The second kappa shape index (κ2) is 11.8. The first-order valence-electron chi connectivity index (χ1n) is 12.4. The first-order valence-corrected chi connectivity index (χ1v) is 12.4. The average molecular weight is 513 g/mol. The third-order valence-electron chi connectivity index (χ3n) is 6.61. The molecule has 1 saturated heterocycles. The number of anilines is 1. The van der Waals surface area contributed by atoms with Crippen molar-refractivity contribution in [3.8, 4) is 11.1 Å². The number of rotatable bonds is 7. The summed E-state index contributed by atoms with van der Waals surface area (Å²) in [5.41, 5.74) is 3.27. The van der Waals surface area contributed by atoms with Crippen LogP contribution < -0.4 is 10.2 Å². The van der Waals surface area contributed by atoms with Gasteiger partial charge < -0.3 is 15.1 Å². The van der Waals surface area contributed by atoms with Crippen LogP contribution in [0.4, 0.5) is 11.4 Å². The zero-order valence-electron chi connectivity index (χ0n) is 21.6. The van der Waals surface area contributed by atoms with Crippen LogP contribution in [0.1, 0.15) is 30.9 Å². The van der Waals surface area contributed by atoms with E-state index in [2.05, 4.69) is 16.4 Å². The highest BCUT2D eigenvalue weighted by Gasteiger charge is 2.30. The smallest absolute Gasteiger partial charge is 0.285 e. The van der Waals surface area contributed by atoms with Crippen molar-refractivity contribution in [1.29, 1.82) is 0 Å². The summed E-state index contributed by atoms with van der Waals surface area (Å²) in [5.74, 6) is -0.279. The van der Waals surface area contributed by atoms with Crippen molar-refractivity contribution in [1.82, 2.24) is 15.2 Å². The molecular weight excluding hydrogens is 482 g/mol. The second-order valence-electron chi connectivity index (χ2n) is 9.38. The largest absolute Gasteiger partial charge is 0.336 e. The van der Waals surface area contributed by atoms with Crippen LogP contribution in [0.15, 0.2) is 67.0 Å². The van der Waals surface area contributed by atoms with Crippen LogP contribution in [0.3, 0.4) is 0 Å². The van der Waals surface area contributed by atoms with Gasteiger partial charge in [-0.2, -0.15) is 0 Å². The average Bonchev–Trinajstić information content (AvgIpc) is 2.95. The number of hydrogen-bond acceptors (Lipinski definition) is 6. The highest BCUT2D eigenvalue weighted by atomic mass is 16.6. The number of nitrogens with one attached hydrogen (secondary N) is 1. The van der Waals surface area contributed by atoms with Gasteiger partial charge in [-0.1, -0.05) is 44.2 Å². The summed E-state index contributed by atoms with van der Waals surface area (Å²) in [6, 6.07) is 16.5. The summed E-state index contributed by atoms with van der Waals surface area (Å²) in [4.78, 5) is 44.8. The lowest BCUT2D eigenvalue weighted by atomic mass is 9.89. The molecular formula is C29H30N5O4. The molecule has 1 aromatic heterocycles. The highest BCUT2D eigenvalue weighted by Crippen LogP contribution is 2.38. The number of nitrogens with zero attached hydrogens (tertiary/aromatic N) is 4. The Bertz CT molecular complexity index is 1360. The number of nitro benzene ring substituents is 1. The predicted octanol–water partition coefficient (Wildman–Crippen LogP) is 4.06. The van der Waals surface area contributed by atoms with Crippen LogP contribution in [0, 0.1) is 16.2 Å². The Balaban J connectivity index is 1.57. The molecule has 2 aromatic carbocycles. The Morgan fingerprint density at radius 1 is 1.21 bits per heavy atom. The van der Waals surface area contributed by atoms with Crippen LogP contribution >= 0.6 is 0 Å². The molecule has 1 atom stereocenters. The lowest BCUT2D eigenvalue weighted by Gasteiger charge is -2.34. The van der Waals surface area contributed by atoms with Crippen molar-refractivity contribution in [2.45, 2.75) is 25.8 Å². The molecule has 0 saturated carbocycles. The number of nitro groups is 1. The molecule has 2 amide bonds. The van der Waals surface area contributed by atoms with Gasteiger partial charge in [0.1, 0.15) is 6.04 Å². The van der Waals surface area contributed by atoms with Gasteiger partial charge in [-0.25, -0.2) is 0 Å². The lowest BCUT2D eigenvalue weighted by molar-refractivity contribution is -0.384. The number of hydrogen-bond donors (Lipinski definition) is 1. The number of benzene rings is 2. The summed E-state index contributed by atoms with van der Waals surface area (Å²) in [6.07, 6.45) is 6.26. The van der Waals surface area contributed by atoms with Crippen molar-refractivity contribution in [3.05, 3.63) is 94.3 Å². The van der Waals surface area contributed by atoms with E-state index in [1.165, 1.54) is 12.1 Å². The van der Waals surface area contributed by atoms with Crippen molar-refractivity contribution in [2.75, 3.05) is 31.6 Å². The van der Waals surface area contributed by atoms with Crippen LogP contribution in [-0.2, 0) is 9.59 Å². The Hall–Kier alpha value is -4.37. The summed E-state index contributed by atoms with van der Waals surface area (Å²) >= 11 is 0. The van der Waals surface area contributed by atoms with Crippen LogP contribution in [0.5, 0.6) is 0 Å². The van der Waals surface area contributed by atoms with Crippen molar-refractivity contribution >= 4 is 29.3 Å². The monoisotopic (exact) mass is 512 g/mol. The van der Waals surface area contributed by atoms with Gasteiger partial charge in [0.25, 0.3) is 5.69 Å². The van der Waals surface area contributed by atoms with Crippen LogP contribution in [0.25, 0.3) is 17.2 Å². The molecule has 1 radical (unpaired) electrons. The Morgan fingerprint density at radius 2 is 1.95 bits per heavy atom. The predicted molar refractivity (Wildman–Crippen MR) is 147 cm³/mol.